The molecule has 1 aliphatic rings. The topological polar surface area (TPSA) is 71.3 Å². The Kier molecular flexibility index (Phi) is 9.40. The molecular weight excluding hydrogens is 320 g/mol. The van der Waals surface area contributed by atoms with Crippen molar-refractivity contribution >= 4 is 5.96 Å². The lowest BCUT2D eigenvalue weighted by Gasteiger charge is -2.29. The molecule has 0 radical (unpaired) electrons. The minimum Gasteiger partial charge on any atom is -0.467 e. The SMILES string of the molecule is CN=C(NCCCOCc1ccco1)NCC(C)CN1CCOCC1. The van der Waals surface area contributed by atoms with Crippen LogP contribution in [0.3, 0.4) is 0 Å². The van der Waals surface area contributed by atoms with Crippen LogP contribution in [0.15, 0.2) is 27.8 Å². The minimum atomic E-state index is 0.527. The highest BCUT2D eigenvalue weighted by atomic mass is 16.5. The van der Waals surface area contributed by atoms with Crippen molar-refractivity contribution in [2.45, 2.75) is 20.0 Å². The summed E-state index contributed by atoms with van der Waals surface area (Å²) in [6, 6.07) is 3.79. The monoisotopic (exact) mass is 352 g/mol. The summed E-state index contributed by atoms with van der Waals surface area (Å²) in [5, 5.41) is 6.72. The van der Waals surface area contributed by atoms with Gasteiger partial charge in [0.25, 0.3) is 0 Å². The summed E-state index contributed by atoms with van der Waals surface area (Å²) < 4.78 is 16.2. The zero-order chi connectivity index (χ0) is 17.7. The number of aliphatic imine (C=N–C) groups is 1. The van der Waals surface area contributed by atoms with Crippen molar-refractivity contribution in [1.29, 1.82) is 0 Å². The van der Waals surface area contributed by atoms with E-state index < -0.39 is 0 Å². The maximum absolute atomic E-state index is 5.57. The molecule has 0 aromatic carbocycles. The largest absolute Gasteiger partial charge is 0.467 e. The van der Waals surface area contributed by atoms with E-state index in [2.05, 4.69) is 27.4 Å². The van der Waals surface area contributed by atoms with Crippen molar-refractivity contribution in [3.05, 3.63) is 24.2 Å². The Labute approximate surface area is 150 Å². The van der Waals surface area contributed by atoms with E-state index in [1.807, 2.05) is 12.1 Å². The van der Waals surface area contributed by atoms with Gasteiger partial charge in [0.05, 0.1) is 19.5 Å². The molecule has 2 N–H and O–H groups in total. The van der Waals surface area contributed by atoms with E-state index in [0.29, 0.717) is 19.1 Å². The highest BCUT2D eigenvalue weighted by Crippen LogP contribution is 2.03. The van der Waals surface area contributed by atoms with Crippen LogP contribution >= 0.6 is 0 Å². The molecule has 1 aromatic heterocycles. The first-order valence-electron chi connectivity index (χ1n) is 9.12. The van der Waals surface area contributed by atoms with Gasteiger partial charge >= 0.3 is 0 Å². The van der Waals surface area contributed by atoms with E-state index in [4.69, 9.17) is 13.9 Å². The van der Waals surface area contributed by atoms with E-state index in [9.17, 15) is 0 Å². The van der Waals surface area contributed by atoms with E-state index in [1.54, 1.807) is 13.3 Å². The van der Waals surface area contributed by atoms with E-state index in [1.165, 1.54) is 0 Å². The molecule has 7 nitrogen and oxygen atoms in total. The van der Waals surface area contributed by atoms with Crippen molar-refractivity contribution in [3.8, 4) is 0 Å². The molecule has 0 spiro atoms. The lowest BCUT2D eigenvalue weighted by Crippen LogP contribution is -2.44. The third kappa shape index (κ3) is 8.38. The molecule has 0 aliphatic carbocycles. The summed E-state index contributed by atoms with van der Waals surface area (Å²) in [7, 11) is 1.80. The van der Waals surface area contributed by atoms with Crippen molar-refractivity contribution < 1.29 is 13.9 Å². The number of morpholine rings is 1. The summed E-state index contributed by atoms with van der Waals surface area (Å²) in [6.45, 7) is 10.1. The van der Waals surface area contributed by atoms with Crippen LogP contribution in [0.1, 0.15) is 19.1 Å². The van der Waals surface area contributed by atoms with Gasteiger partial charge in [0.2, 0.25) is 0 Å². The highest BCUT2D eigenvalue weighted by molar-refractivity contribution is 5.79. The second-order valence-electron chi connectivity index (χ2n) is 6.38. The molecule has 0 saturated carbocycles. The smallest absolute Gasteiger partial charge is 0.190 e. The van der Waals surface area contributed by atoms with Crippen molar-refractivity contribution in [2.24, 2.45) is 10.9 Å². The zero-order valence-corrected chi connectivity index (χ0v) is 15.5. The molecule has 1 aromatic rings. The maximum Gasteiger partial charge on any atom is 0.190 e. The fourth-order valence-electron chi connectivity index (χ4n) is 2.73. The summed E-state index contributed by atoms with van der Waals surface area (Å²) in [5.41, 5.74) is 0. The Morgan fingerprint density at radius 3 is 2.92 bits per heavy atom. The average molecular weight is 352 g/mol. The fraction of sp³-hybridized carbons (Fsp3) is 0.722. The van der Waals surface area contributed by atoms with Crippen LogP contribution in [0.2, 0.25) is 0 Å². The number of nitrogens with one attached hydrogen (secondary N) is 2. The molecule has 1 aliphatic heterocycles. The van der Waals surface area contributed by atoms with Gasteiger partial charge in [-0.15, -0.1) is 0 Å². The van der Waals surface area contributed by atoms with Crippen LogP contribution in [-0.4, -0.2) is 70.5 Å². The first-order valence-corrected chi connectivity index (χ1v) is 9.12. The van der Waals surface area contributed by atoms with Gasteiger partial charge in [-0.3, -0.25) is 9.89 Å². The Morgan fingerprint density at radius 2 is 2.20 bits per heavy atom. The first-order chi connectivity index (χ1) is 12.3. The number of guanidine groups is 1. The number of hydrogen-bond acceptors (Lipinski definition) is 5. The summed E-state index contributed by atoms with van der Waals surface area (Å²) in [4.78, 5) is 6.73. The van der Waals surface area contributed by atoms with Crippen LogP contribution in [-0.2, 0) is 16.1 Å². The minimum absolute atomic E-state index is 0.527. The first kappa shape index (κ1) is 19.8. The van der Waals surface area contributed by atoms with Crippen LogP contribution in [0.4, 0.5) is 0 Å². The van der Waals surface area contributed by atoms with Gasteiger partial charge in [-0.05, 0) is 24.5 Å². The third-order valence-corrected chi connectivity index (χ3v) is 4.10. The molecule has 1 unspecified atom stereocenters. The predicted molar refractivity (Wildman–Crippen MR) is 98.8 cm³/mol. The molecule has 25 heavy (non-hydrogen) atoms. The van der Waals surface area contributed by atoms with Gasteiger partial charge in [0.1, 0.15) is 12.4 Å². The van der Waals surface area contributed by atoms with Gasteiger partial charge in [0.15, 0.2) is 5.96 Å². The summed E-state index contributed by atoms with van der Waals surface area (Å²) in [6.07, 6.45) is 2.58. The molecule has 1 saturated heterocycles. The zero-order valence-electron chi connectivity index (χ0n) is 15.5. The fourth-order valence-corrected chi connectivity index (χ4v) is 2.73. The quantitative estimate of drug-likeness (QED) is 0.376. The Balaban J connectivity index is 1.49. The predicted octanol–water partition coefficient (Wildman–Crippen LogP) is 1.32. The molecule has 1 fully saturated rings. The van der Waals surface area contributed by atoms with E-state index in [-0.39, 0.29) is 0 Å². The van der Waals surface area contributed by atoms with Gasteiger partial charge in [-0.1, -0.05) is 6.92 Å². The third-order valence-electron chi connectivity index (χ3n) is 4.10. The lowest BCUT2D eigenvalue weighted by molar-refractivity contribution is 0.0320. The van der Waals surface area contributed by atoms with Crippen LogP contribution in [0.5, 0.6) is 0 Å². The maximum atomic E-state index is 5.57. The Bertz CT molecular complexity index is 473. The van der Waals surface area contributed by atoms with Crippen molar-refractivity contribution in [3.63, 3.8) is 0 Å². The second-order valence-corrected chi connectivity index (χ2v) is 6.38. The number of ether oxygens (including phenoxy) is 2. The average Bonchev–Trinajstić information content (AvgIpc) is 3.15. The van der Waals surface area contributed by atoms with Crippen LogP contribution in [0, 0.1) is 5.92 Å². The molecule has 0 amide bonds. The molecule has 142 valence electrons. The van der Waals surface area contributed by atoms with Crippen molar-refractivity contribution in [2.75, 3.05) is 59.6 Å². The summed E-state index contributed by atoms with van der Waals surface area (Å²) in [5.74, 6) is 2.27. The Hall–Kier alpha value is -1.57. The van der Waals surface area contributed by atoms with Crippen LogP contribution in [0.25, 0.3) is 0 Å². The molecule has 1 atom stereocenters. The molecular formula is C18H32N4O3. The molecule has 2 heterocycles. The van der Waals surface area contributed by atoms with Gasteiger partial charge < -0.3 is 24.5 Å². The van der Waals surface area contributed by atoms with E-state index >= 15 is 0 Å². The number of hydrogen-bond donors (Lipinski definition) is 2. The number of nitrogens with zero attached hydrogens (tertiary/aromatic N) is 2. The number of rotatable bonds is 10. The van der Waals surface area contributed by atoms with Crippen LogP contribution < -0.4 is 10.6 Å². The normalized spacial score (nSPS) is 17.4. The van der Waals surface area contributed by atoms with E-state index in [0.717, 1.165) is 64.1 Å². The van der Waals surface area contributed by atoms with Gasteiger partial charge in [-0.2, -0.15) is 0 Å². The molecule has 7 heteroatoms. The molecule has 2 rings (SSSR count). The standard InChI is InChI=1S/C18H32N4O3/c1-16(14-22-7-11-23-12-8-22)13-21-18(19-2)20-6-4-9-24-15-17-5-3-10-25-17/h3,5,10,16H,4,6-9,11-15H2,1-2H3,(H2,19,20,21). The lowest BCUT2D eigenvalue weighted by atomic mass is 10.1. The second kappa shape index (κ2) is 11.9. The summed E-state index contributed by atoms with van der Waals surface area (Å²) >= 11 is 0. The molecule has 0 bridgehead atoms. The Morgan fingerprint density at radius 1 is 1.36 bits per heavy atom. The van der Waals surface area contributed by atoms with Gasteiger partial charge in [-0.25, -0.2) is 0 Å². The highest BCUT2D eigenvalue weighted by Gasteiger charge is 2.13. The van der Waals surface area contributed by atoms with Crippen molar-refractivity contribution in [1.82, 2.24) is 15.5 Å². The van der Waals surface area contributed by atoms with Gasteiger partial charge in [0, 0.05) is 46.4 Å². The number of furan rings is 1.